The molecule has 0 radical (unpaired) electrons. The van der Waals surface area contributed by atoms with Crippen molar-refractivity contribution in [2.45, 2.75) is 38.8 Å². The van der Waals surface area contributed by atoms with Crippen LogP contribution in [0.1, 0.15) is 44.7 Å². The minimum atomic E-state index is -0.584. The van der Waals surface area contributed by atoms with Crippen LogP contribution >= 0.6 is 0 Å². The van der Waals surface area contributed by atoms with Gasteiger partial charge < -0.3 is 20.3 Å². The van der Waals surface area contributed by atoms with Gasteiger partial charge >= 0.3 is 0 Å². The monoisotopic (exact) mass is 288 g/mol. The first-order chi connectivity index (χ1) is 10.1. The topological polar surface area (TPSA) is 67.3 Å². The molecule has 5 nitrogen and oxygen atoms in total. The Kier molecular flexibility index (Phi) is 3.87. The van der Waals surface area contributed by atoms with Gasteiger partial charge in [0.2, 0.25) is 0 Å². The largest absolute Gasteiger partial charge is 0.399 e. The Hall–Kier alpha value is -1.59. The lowest BCUT2D eigenvalue weighted by Crippen LogP contribution is -2.28. The molecule has 0 spiro atoms. The number of fused-ring (bicyclic) bond motifs is 1. The third-order valence-corrected chi connectivity index (χ3v) is 4.28. The Morgan fingerprint density at radius 1 is 1.29 bits per heavy atom. The molecule has 0 bridgehead atoms. The van der Waals surface area contributed by atoms with Gasteiger partial charge in [-0.15, -0.1) is 0 Å². The van der Waals surface area contributed by atoms with Crippen molar-refractivity contribution in [3.8, 4) is 0 Å². The smallest absolute Gasteiger partial charge is 0.138 e. The fourth-order valence-electron chi connectivity index (χ4n) is 3.31. The number of nitrogens with zero attached hydrogens (tertiary/aromatic N) is 3. The van der Waals surface area contributed by atoms with Crippen LogP contribution < -0.4 is 5.73 Å². The molecule has 1 fully saturated rings. The Morgan fingerprint density at radius 2 is 2.00 bits per heavy atom. The molecule has 1 aliphatic heterocycles. The van der Waals surface area contributed by atoms with Crippen molar-refractivity contribution in [2.75, 3.05) is 25.4 Å². The average molecular weight is 288 g/mol. The maximum absolute atomic E-state index is 10.1. The Bertz CT molecular complexity index is 628. The van der Waals surface area contributed by atoms with Crippen LogP contribution in [0.25, 0.3) is 11.0 Å². The van der Waals surface area contributed by atoms with Gasteiger partial charge in [0, 0.05) is 18.3 Å². The molecule has 1 aromatic heterocycles. The van der Waals surface area contributed by atoms with Crippen LogP contribution in [0.2, 0.25) is 0 Å². The summed E-state index contributed by atoms with van der Waals surface area (Å²) >= 11 is 0. The van der Waals surface area contributed by atoms with Crippen LogP contribution in [0, 0.1) is 0 Å². The number of anilines is 1. The predicted molar refractivity (Wildman–Crippen MR) is 85.2 cm³/mol. The number of hydrogen-bond donors (Lipinski definition) is 2. The highest BCUT2D eigenvalue weighted by Gasteiger charge is 2.22. The van der Waals surface area contributed by atoms with E-state index < -0.39 is 6.10 Å². The molecule has 114 valence electrons. The van der Waals surface area contributed by atoms with Gasteiger partial charge in [0.15, 0.2) is 0 Å². The summed E-state index contributed by atoms with van der Waals surface area (Å²) in [6.07, 6.45) is 1.99. The van der Waals surface area contributed by atoms with E-state index in [9.17, 15) is 5.11 Å². The first-order valence-electron chi connectivity index (χ1n) is 7.74. The molecule has 2 unspecified atom stereocenters. The van der Waals surface area contributed by atoms with Crippen molar-refractivity contribution < 1.29 is 5.11 Å². The highest BCUT2D eigenvalue weighted by Crippen LogP contribution is 2.27. The van der Waals surface area contributed by atoms with Crippen molar-refractivity contribution in [1.29, 1.82) is 0 Å². The molecule has 1 saturated heterocycles. The molecule has 2 heterocycles. The minimum absolute atomic E-state index is 0.279. The SMILES string of the molecule is CC(O)c1nc2cc(N)ccc2n1C(C)CN1CCCC1. The highest BCUT2D eigenvalue weighted by atomic mass is 16.3. The number of aromatic nitrogens is 2. The van der Waals surface area contributed by atoms with Gasteiger partial charge in [0.1, 0.15) is 11.9 Å². The van der Waals surface area contributed by atoms with E-state index in [-0.39, 0.29) is 6.04 Å². The first-order valence-corrected chi connectivity index (χ1v) is 7.74. The van der Waals surface area contributed by atoms with E-state index in [4.69, 9.17) is 5.73 Å². The molecule has 5 heteroatoms. The fraction of sp³-hybridized carbons (Fsp3) is 0.562. The quantitative estimate of drug-likeness (QED) is 0.847. The second kappa shape index (κ2) is 5.66. The van der Waals surface area contributed by atoms with Gasteiger partial charge in [-0.1, -0.05) is 0 Å². The van der Waals surface area contributed by atoms with E-state index in [0.29, 0.717) is 5.69 Å². The number of hydrogen-bond acceptors (Lipinski definition) is 4. The third-order valence-electron chi connectivity index (χ3n) is 4.28. The number of benzene rings is 1. The average Bonchev–Trinajstić information content (AvgIpc) is 3.04. The van der Waals surface area contributed by atoms with Gasteiger partial charge in [-0.05, 0) is 58.0 Å². The van der Waals surface area contributed by atoms with Gasteiger partial charge in [0.25, 0.3) is 0 Å². The molecule has 3 rings (SSSR count). The summed E-state index contributed by atoms with van der Waals surface area (Å²) in [6.45, 7) is 7.31. The van der Waals surface area contributed by atoms with Crippen LogP contribution in [0.4, 0.5) is 5.69 Å². The number of aliphatic hydroxyl groups is 1. The molecular formula is C16H24N4O. The maximum atomic E-state index is 10.1. The first kappa shape index (κ1) is 14.4. The Morgan fingerprint density at radius 3 is 2.67 bits per heavy atom. The van der Waals surface area contributed by atoms with Crippen molar-refractivity contribution in [3.63, 3.8) is 0 Å². The molecule has 0 amide bonds. The zero-order chi connectivity index (χ0) is 15.0. The molecule has 0 aliphatic carbocycles. The van der Waals surface area contributed by atoms with Crippen LogP contribution in [0.3, 0.4) is 0 Å². The summed E-state index contributed by atoms with van der Waals surface area (Å²) < 4.78 is 2.16. The molecule has 0 saturated carbocycles. The molecule has 3 N–H and O–H groups in total. The van der Waals surface area contributed by atoms with E-state index in [1.54, 1.807) is 6.92 Å². The number of aliphatic hydroxyl groups excluding tert-OH is 1. The van der Waals surface area contributed by atoms with Gasteiger partial charge in [-0.2, -0.15) is 0 Å². The van der Waals surface area contributed by atoms with Gasteiger partial charge in [-0.3, -0.25) is 0 Å². The number of nitrogen functional groups attached to an aromatic ring is 1. The standard InChI is InChI=1S/C16H24N4O/c1-11(10-19-7-3-4-8-19)20-15-6-5-13(17)9-14(15)18-16(20)12(2)21/h5-6,9,11-12,21H,3-4,7-8,10,17H2,1-2H3. The van der Waals surface area contributed by atoms with Crippen LogP contribution in [0.5, 0.6) is 0 Å². The summed E-state index contributed by atoms with van der Waals surface area (Å²) in [5.74, 6) is 0.724. The fourth-order valence-corrected chi connectivity index (χ4v) is 3.31. The Labute approximate surface area is 125 Å². The lowest BCUT2D eigenvalue weighted by Gasteiger charge is -2.24. The number of imidazole rings is 1. The van der Waals surface area contributed by atoms with E-state index in [2.05, 4.69) is 21.4 Å². The lowest BCUT2D eigenvalue weighted by atomic mass is 10.2. The zero-order valence-electron chi connectivity index (χ0n) is 12.8. The molecule has 1 aromatic carbocycles. The summed E-state index contributed by atoms with van der Waals surface area (Å²) in [4.78, 5) is 7.07. The third kappa shape index (κ3) is 2.76. The highest BCUT2D eigenvalue weighted by molar-refractivity contribution is 5.80. The molecular weight excluding hydrogens is 264 g/mol. The molecule has 2 aromatic rings. The summed E-state index contributed by atoms with van der Waals surface area (Å²) in [7, 11) is 0. The van der Waals surface area contributed by atoms with E-state index in [1.807, 2.05) is 18.2 Å². The molecule has 1 aliphatic rings. The second-order valence-electron chi connectivity index (χ2n) is 6.12. The normalized spacial score (nSPS) is 19.2. The van der Waals surface area contributed by atoms with Gasteiger partial charge in [-0.25, -0.2) is 4.98 Å². The van der Waals surface area contributed by atoms with E-state index in [1.165, 1.54) is 25.9 Å². The summed E-state index contributed by atoms with van der Waals surface area (Å²) in [5, 5.41) is 10.1. The van der Waals surface area contributed by atoms with Crippen molar-refractivity contribution in [2.24, 2.45) is 0 Å². The van der Waals surface area contributed by atoms with E-state index >= 15 is 0 Å². The minimum Gasteiger partial charge on any atom is -0.399 e. The predicted octanol–water partition coefficient (Wildman–Crippen LogP) is 2.33. The van der Waals surface area contributed by atoms with Crippen LogP contribution in [0.15, 0.2) is 18.2 Å². The van der Waals surface area contributed by atoms with Crippen molar-refractivity contribution in [1.82, 2.24) is 14.5 Å². The number of likely N-dealkylation sites (tertiary alicyclic amines) is 1. The molecule has 21 heavy (non-hydrogen) atoms. The number of nitrogens with two attached hydrogens (primary N) is 1. The van der Waals surface area contributed by atoms with Crippen LogP contribution in [-0.4, -0.2) is 39.2 Å². The second-order valence-corrected chi connectivity index (χ2v) is 6.12. The maximum Gasteiger partial charge on any atom is 0.138 e. The lowest BCUT2D eigenvalue weighted by molar-refractivity contribution is 0.178. The summed E-state index contributed by atoms with van der Waals surface area (Å²) in [5.41, 5.74) is 8.46. The Balaban J connectivity index is 1.99. The van der Waals surface area contributed by atoms with Crippen LogP contribution in [-0.2, 0) is 0 Å². The number of rotatable bonds is 4. The van der Waals surface area contributed by atoms with Crippen molar-refractivity contribution >= 4 is 16.7 Å². The summed E-state index contributed by atoms with van der Waals surface area (Å²) in [6, 6.07) is 6.06. The molecule has 2 atom stereocenters. The van der Waals surface area contributed by atoms with Crippen molar-refractivity contribution in [3.05, 3.63) is 24.0 Å². The zero-order valence-corrected chi connectivity index (χ0v) is 12.8. The van der Waals surface area contributed by atoms with E-state index in [0.717, 1.165) is 23.4 Å². The van der Waals surface area contributed by atoms with Gasteiger partial charge in [0.05, 0.1) is 11.0 Å².